The Morgan fingerprint density at radius 3 is 1.35 bits per heavy atom. The number of hydrogen-bond acceptors (Lipinski definition) is 1. The molecule has 0 unspecified atom stereocenters. The number of fused-ring (bicyclic) bond motifs is 9. The molecule has 0 aliphatic heterocycles. The van der Waals surface area contributed by atoms with Gasteiger partial charge in [0.2, 0.25) is 0 Å². The quantitative estimate of drug-likeness (QED) is 0.164. The maximum Gasteiger partial charge on any atom is 0.0991 e. The van der Waals surface area contributed by atoms with Crippen LogP contribution in [0.15, 0.2) is 237 Å². The molecule has 0 amide bonds. The molecule has 0 spiro atoms. The summed E-state index contributed by atoms with van der Waals surface area (Å²) < 4.78 is 4.71. The van der Waals surface area contributed by atoms with E-state index in [1.807, 2.05) is 24.3 Å². The number of rotatable bonds is 6. The van der Waals surface area contributed by atoms with Crippen LogP contribution in [0.1, 0.15) is 27.8 Å². The summed E-state index contributed by atoms with van der Waals surface area (Å²) in [6.07, 6.45) is 0. The van der Waals surface area contributed by atoms with Crippen LogP contribution >= 0.6 is 0 Å². The molecule has 0 saturated carbocycles. The third-order valence-corrected chi connectivity index (χ3v) is 13.8. The highest BCUT2D eigenvalue weighted by atomic mass is 15.0. The van der Waals surface area contributed by atoms with Crippen LogP contribution in [0.25, 0.3) is 88.4 Å². The molecule has 0 fully saturated rings. The van der Waals surface area contributed by atoms with Gasteiger partial charge < -0.3 is 9.13 Å². The highest BCUT2D eigenvalue weighted by Crippen LogP contribution is 2.58. The van der Waals surface area contributed by atoms with E-state index in [0.29, 0.717) is 5.56 Å². The SMILES string of the molecule is N#Cc1ccc(-n2c3ccccc3c3cc(-c4ccc5c(c4)c4ccccc4n5-c4ccc(-c5cccc6c5C(c5ccccc5)(c5ccccc5)c5ccccc5-6)cc4)ccc32)cc1. The van der Waals surface area contributed by atoms with E-state index in [4.69, 9.17) is 0 Å². The molecule has 0 atom stereocenters. The lowest BCUT2D eigenvalue weighted by molar-refractivity contribution is 0.770. The molecule has 0 bridgehead atoms. The number of nitriles is 1. The van der Waals surface area contributed by atoms with Crippen molar-refractivity contribution in [2.75, 3.05) is 0 Å². The Hall–Kier alpha value is -8.71. The molecule has 13 rings (SSSR count). The molecule has 12 aromatic rings. The smallest absolute Gasteiger partial charge is 0.0991 e. The third-order valence-electron chi connectivity index (χ3n) is 13.8. The Morgan fingerprint density at radius 2 is 0.785 bits per heavy atom. The van der Waals surface area contributed by atoms with Crippen molar-refractivity contribution in [2.45, 2.75) is 5.41 Å². The summed E-state index contributed by atoms with van der Waals surface area (Å²) in [6.45, 7) is 0. The van der Waals surface area contributed by atoms with Gasteiger partial charge in [-0.3, -0.25) is 0 Å². The molecule has 3 heteroatoms. The van der Waals surface area contributed by atoms with E-state index in [1.54, 1.807) is 0 Å². The second kappa shape index (κ2) is 14.4. The van der Waals surface area contributed by atoms with Gasteiger partial charge in [0.25, 0.3) is 0 Å². The fraction of sp³-hybridized carbons (Fsp3) is 0.0161. The monoisotopic (exact) mass is 825 g/mol. The summed E-state index contributed by atoms with van der Waals surface area (Å²) >= 11 is 0. The summed E-state index contributed by atoms with van der Waals surface area (Å²) in [5.41, 5.74) is 19.5. The molecule has 65 heavy (non-hydrogen) atoms. The van der Waals surface area contributed by atoms with Gasteiger partial charge in [0, 0.05) is 32.9 Å². The van der Waals surface area contributed by atoms with Gasteiger partial charge in [-0.05, 0) is 128 Å². The van der Waals surface area contributed by atoms with E-state index in [1.165, 1.54) is 88.2 Å². The van der Waals surface area contributed by atoms with Crippen molar-refractivity contribution in [3.05, 3.63) is 264 Å². The lowest BCUT2D eigenvalue weighted by Gasteiger charge is -2.35. The van der Waals surface area contributed by atoms with Gasteiger partial charge in [-0.25, -0.2) is 0 Å². The lowest BCUT2D eigenvalue weighted by atomic mass is 9.66. The van der Waals surface area contributed by atoms with E-state index in [0.717, 1.165) is 22.4 Å². The average Bonchev–Trinajstić information content (AvgIpc) is 4.01. The summed E-state index contributed by atoms with van der Waals surface area (Å²) in [7, 11) is 0. The molecule has 0 radical (unpaired) electrons. The first-order chi connectivity index (χ1) is 32.2. The Balaban J connectivity index is 0.935. The molecule has 0 saturated heterocycles. The lowest BCUT2D eigenvalue weighted by Crippen LogP contribution is -2.29. The number of para-hydroxylation sites is 2. The fourth-order valence-corrected chi connectivity index (χ4v) is 11.1. The maximum atomic E-state index is 9.44. The molecule has 2 aromatic heterocycles. The summed E-state index contributed by atoms with van der Waals surface area (Å²) in [5.74, 6) is 0. The van der Waals surface area contributed by atoms with Crippen molar-refractivity contribution >= 4 is 43.6 Å². The Bertz CT molecular complexity index is 3830. The van der Waals surface area contributed by atoms with Crippen molar-refractivity contribution in [3.63, 3.8) is 0 Å². The normalized spacial score (nSPS) is 12.7. The topological polar surface area (TPSA) is 33.6 Å². The van der Waals surface area contributed by atoms with Gasteiger partial charge in [0.1, 0.15) is 0 Å². The van der Waals surface area contributed by atoms with Crippen molar-refractivity contribution in [2.24, 2.45) is 0 Å². The molecule has 3 nitrogen and oxygen atoms in total. The van der Waals surface area contributed by atoms with Crippen LogP contribution in [0.4, 0.5) is 0 Å². The number of benzene rings is 10. The number of hydrogen-bond donors (Lipinski definition) is 0. The van der Waals surface area contributed by atoms with Gasteiger partial charge in [-0.1, -0.05) is 164 Å². The van der Waals surface area contributed by atoms with E-state index in [2.05, 4.69) is 228 Å². The first-order valence-corrected chi connectivity index (χ1v) is 22.2. The first kappa shape index (κ1) is 36.9. The minimum Gasteiger partial charge on any atom is -0.309 e. The minimum absolute atomic E-state index is 0.485. The van der Waals surface area contributed by atoms with Crippen LogP contribution in [0, 0.1) is 11.3 Å². The molecular formula is C62H39N3. The van der Waals surface area contributed by atoms with Crippen molar-refractivity contribution in [1.82, 2.24) is 9.13 Å². The van der Waals surface area contributed by atoms with Gasteiger partial charge in [0.05, 0.1) is 39.1 Å². The zero-order valence-corrected chi connectivity index (χ0v) is 35.4. The largest absolute Gasteiger partial charge is 0.309 e. The predicted octanol–water partition coefficient (Wildman–Crippen LogP) is 15.4. The molecule has 1 aliphatic carbocycles. The molecule has 302 valence electrons. The zero-order chi connectivity index (χ0) is 43.1. The molecule has 0 N–H and O–H groups in total. The minimum atomic E-state index is -0.485. The second-order valence-electron chi connectivity index (χ2n) is 17.1. The second-order valence-corrected chi connectivity index (χ2v) is 17.1. The van der Waals surface area contributed by atoms with E-state index >= 15 is 0 Å². The maximum absolute atomic E-state index is 9.44. The van der Waals surface area contributed by atoms with Gasteiger partial charge >= 0.3 is 0 Å². The van der Waals surface area contributed by atoms with Crippen molar-refractivity contribution in [3.8, 4) is 50.8 Å². The fourth-order valence-electron chi connectivity index (χ4n) is 11.1. The van der Waals surface area contributed by atoms with Gasteiger partial charge in [0.15, 0.2) is 0 Å². The Morgan fingerprint density at radius 1 is 0.338 bits per heavy atom. The molecule has 2 heterocycles. The van der Waals surface area contributed by atoms with Crippen LogP contribution in [0.2, 0.25) is 0 Å². The standard InChI is InChI=1S/C62H39N3/c63-40-41-26-32-47(33-27-41)64-57-24-11-8-19-51(57)54-38-43(30-36-59(54)64)44-31-37-60-55(39-44)52-20-9-12-25-58(52)65(60)48-34-28-42(29-35-48)49-21-13-22-53-50-18-7-10-23-56(50)62(61(49)53,45-14-3-1-4-15-45)46-16-5-2-6-17-46/h1-39H. The highest BCUT2D eigenvalue weighted by molar-refractivity contribution is 6.12. The van der Waals surface area contributed by atoms with Gasteiger partial charge in [-0.15, -0.1) is 0 Å². The van der Waals surface area contributed by atoms with Crippen LogP contribution in [-0.2, 0) is 5.41 Å². The number of nitrogens with zero attached hydrogens (tertiary/aromatic N) is 3. The molecule has 1 aliphatic rings. The van der Waals surface area contributed by atoms with Crippen molar-refractivity contribution in [1.29, 1.82) is 5.26 Å². The van der Waals surface area contributed by atoms with Crippen LogP contribution in [-0.4, -0.2) is 9.13 Å². The average molecular weight is 826 g/mol. The summed E-state index contributed by atoms with van der Waals surface area (Å²) in [5, 5.41) is 14.3. The van der Waals surface area contributed by atoms with E-state index < -0.39 is 5.41 Å². The Kier molecular flexibility index (Phi) is 8.19. The van der Waals surface area contributed by atoms with Crippen LogP contribution in [0.5, 0.6) is 0 Å². The molecular weight excluding hydrogens is 787 g/mol. The third kappa shape index (κ3) is 5.41. The highest BCUT2D eigenvalue weighted by Gasteiger charge is 2.47. The zero-order valence-electron chi connectivity index (χ0n) is 35.4. The van der Waals surface area contributed by atoms with Gasteiger partial charge in [-0.2, -0.15) is 5.26 Å². The van der Waals surface area contributed by atoms with Crippen molar-refractivity contribution < 1.29 is 0 Å². The predicted molar refractivity (Wildman–Crippen MR) is 268 cm³/mol. The van der Waals surface area contributed by atoms with Crippen LogP contribution < -0.4 is 0 Å². The molecule has 10 aromatic carbocycles. The summed E-state index contributed by atoms with van der Waals surface area (Å²) in [6, 6.07) is 88.3. The van der Waals surface area contributed by atoms with Crippen LogP contribution in [0.3, 0.4) is 0 Å². The van der Waals surface area contributed by atoms with E-state index in [-0.39, 0.29) is 0 Å². The first-order valence-electron chi connectivity index (χ1n) is 22.2. The van der Waals surface area contributed by atoms with E-state index in [9.17, 15) is 5.26 Å². The Labute approximate surface area is 377 Å². The number of aromatic nitrogens is 2. The summed E-state index contributed by atoms with van der Waals surface area (Å²) in [4.78, 5) is 0.